The summed E-state index contributed by atoms with van der Waals surface area (Å²) in [5.41, 5.74) is -0.382. The minimum atomic E-state index is -0.656. The summed E-state index contributed by atoms with van der Waals surface area (Å²) in [5, 5.41) is 3.08. The third-order valence-electron chi connectivity index (χ3n) is 2.95. The second kappa shape index (κ2) is 4.14. The van der Waals surface area contributed by atoms with Gasteiger partial charge in [0.05, 0.1) is 0 Å². The lowest BCUT2D eigenvalue weighted by molar-refractivity contribution is -0.584. The largest absolute Gasteiger partial charge is 0.430 e. The van der Waals surface area contributed by atoms with Crippen LogP contribution in [0.3, 0.4) is 0 Å². The zero-order chi connectivity index (χ0) is 14.4. The average molecular weight is 294 g/mol. The van der Waals surface area contributed by atoms with E-state index in [-0.39, 0.29) is 5.52 Å². The molecule has 2 heterocycles. The summed E-state index contributed by atoms with van der Waals surface area (Å²) in [4.78, 5) is 24.5. The van der Waals surface area contributed by atoms with Crippen molar-refractivity contribution in [1.82, 2.24) is 14.7 Å². The van der Waals surface area contributed by atoms with Gasteiger partial charge < -0.3 is 5.84 Å². The number of nitrogen functional groups attached to an aromatic ring is 2. The van der Waals surface area contributed by atoms with Gasteiger partial charge in [-0.25, -0.2) is 15.3 Å². The SMILES string of the molecule is Nn1[nH][n+]2cc(-c3ccc(Cl)cc3)n(N)c(=O)c2c1=O. The molecular formula is C11H10ClN6O2+. The predicted molar refractivity (Wildman–Crippen MR) is 73.2 cm³/mol. The fourth-order valence-corrected chi connectivity index (χ4v) is 2.08. The molecule has 0 saturated heterocycles. The molecular weight excluding hydrogens is 284 g/mol. The van der Waals surface area contributed by atoms with Crippen molar-refractivity contribution < 1.29 is 4.52 Å². The van der Waals surface area contributed by atoms with Crippen molar-refractivity contribution in [2.75, 3.05) is 11.7 Å². The number of fused-ring (bicyclic) bond motifs is 1. The van der Waals surface area contributed by atoms with E-state index in [4.69, 9.17) is 23.3 Å². The van der Waals surface area contributed by atoms with Crippen molar-refractivity contribution in [1.29, 1.82) is 0 Å². The Kier molecular flexibility index (Phi) is 2.54. The van der Waals surface area contributed by atoms with Gasteiger partial charge in [0.1, 0.15) is 11.9 Å². The van der Waals surface area contributed by atoms with Gasteiger partial charge >= 0.3 is 16.6 Å². The quantitative estimate of drug-likeness (QED) is 0.387. The fourth-order valence-electron chi connectivity index (χ4n) is 1.96. The Morgan fingerprint density at radius 1 is 1.10 bits per heavy atom. The van der Waals surface area contributed by atoms with Crippen LogP contribution < -0.4 is 27.3 Å². The number of rotatable bonds is 1. The lowest BCUT2D eigenvalue weighted by Crippen LogP contribution is -2.40. The smallest absolute Gasteiger partial charge is 0.336 e. The minimum Gasteiger partial charge on any atom is -0.336 e. The van der Waals surface area contributed by atoms with E-state index in [1.165, 1.54) is 10.7 Å². The van der Waals surface area contributed by atoms with E-state index in [1.54, 1.807) is 24.3 Å². The lowest BCUT2D eigenvalue weighted by atomic mass is 10.1. The van der Waals surface area contributed by atoms with E-state index in [9.17, 15) is 9.59 Å². The van der Waals surface area contributed by atoms with Crippen molar-refractivity contribution in [2.24, 2.45) is 0 Å². The highest BCUT2D eigenvalue weighted by molar-refractivity contribution is 6.30. The summed E-state index contributed by atoms with van der Waals surface area (Å²) >= 11 is 5.82. The molecule has 8 nitrogen and oxygen atoms in total. The maximum atomic E-state index is 12.1. The maximum Gasteiger partial charge on any atom is 0.430 e. The molecule has 5 N–H and O–H groups in total. The molecule has 3 aromatic rings. The van der Waals surface area contributed by atoms with Crippen LogP contribution in [0.5, 0.6) is 0 Å². The molecule has 20 heavy (non-hydrogen) atoms. The van der Waals surface area contributed by atoms with Gasteiger partial charge in [0.15, 0.2) is 0 Å². The topological polar surface area (TPSA) is 116 Å². The molecule has 2 aromatic heterocycles. The van der Waals surface area contributed by atoms with Gasteiger partial charge in [-0.15, -0.1) is 4.52 Å². The third-order valence-corrected chi connectivity index (χ3v) is 3.20. The molecule has 0 amide bonds. The molecule has 9 heteroatoms. The molecule has 102 valence electrons. The first-order valence-electron chi connectivity index (χ1n) is 5.57. The Morgan fingerprint density at radius 2 is 1.75 bits per heavy atom. The van der Waals surface area contributed by atoms with Gasteiger partial charge in [-0.2, -0.15) is 0 Å². The van der Waals surface area contributed by atoms with Crippen molar-refractivity contribution in [3.63, 3.8) is 0 Å². The summed E-state index contributed by atoms with van der Waals surface area (Å²) in [6.07, 6.45) is 1.50. The Balaban J connectivity index is 2.38. The number of nitrogens with zero attached hydrogens (tertiary/aromatic N) is 3. The van der Waals surface area contributed by atoms with Crippen molar-refractivity contribution in [3.05, 3.63) is 56.2 Å². The van der Waals surface area contributed by atoms with E-state index in [1.807, 2.05) is 0 Å². The Bertz CT molecular complexity index is 921. The van der Waals surface area contributed by atoms with E-state index in [0.29, 0.717) is 21.1 Å². The summed E-state index contributed by atoms with van der Waals surface area (Å²) in [7, 11) is 0. The number of benzene rings is 1. The maximum absolute atomic E-state index is 12.1. The van der Waals surface area contributed by atoms with Gasteiger partial charge in [-0.3, -0.25) is 4.79 Å². The molecule has 0 bridgehead atoms. The number of hydrogen-bond donors (Lipinski definition) is 3. The molecule has 3 rings (SSSR count). The number of halogens is 1. The molecule has 0 fully saturated rings. The van der Waals surface area contributed by atoms with Gasteiger partial charge in [0.25, 0.3) is 0 Å². The molecule has 1 aromatic carbocycles. The van der Waals surface area contributed by atoms with Crippen LogP contribution in [0, 0.1) is 0 Å². The van der Waals surface area contributed by atoms with E-state index >= 15 is 0 Å². The van der Waals surface area contributed by atoms with Crippen molar-refractivity contribution in [3.8, 4) is 11.3 Å². The Morgan fingerprint density at radius 3 is 2.40 bits per heavy atom. The van der Waals surface area contributed by atoms with E-state index < -0.39 is 11.1 Å². The first kappa shape index (κ1) is 12.3. The Labute approximate surface area is 116 Å². The highest BCUT2D eigenvalue weighted by Crippen LogP contribution is 2.18. The fraction of sp³-hybridized carbons (Fsp3) is 0. The number of nitrogens with two attached hydrogens (primary N) is 2. The molecule has 0 aliphatic heterocycles. The van der Waals surface area contributed by atoms with Crippen LogP contribution in [0.25, 0.3) is 16.8 Å². The number of aromatic amines is 1. The van der Waals surface area contributed by atoms with Gasteiger partial charge in [0, 0.05) is 10.6 Å². The highest BCUT2D eigenvalue weighted by Gasteiger charge is 2.21. The summed E-state index contributed by atoms with van der Waals surface area (Å²) < 4.78 is 2.13. The zero-order valence-corrected chi connectivity index (χ0v) is 10.8. The van der Waals surface area contributed by atoms with Crippen LogP contribution in [-0.2, 0) is 0 Å². The lowest BCUT2D eigenvalue weighted by Gasteiger charge is -2.05. The van der Waals surface area contributed by atoms with Gasteiger partial charge in [-0.05, 0) is 16.9 Å². The Hall–Kier alpha value is -2.74. The second-order valence-corrected chi connectivity index (χ2v) is 4.63. The summed E-state index contributed by atoms with van der Waals surface area (Å²) in [6.45, 7) is 0. The predicted octanol–water partition coefficient (Wildman–Crippen LogP) is -1.18. The molecule has 0 unspecified atom stereocenters. The second-order valence-electron chi connectivity index (χ2n) is 4.19. The molecule has 0 radical (unpaired) electrons. The molecule has 0 aliphatic carbocycles. The number of hydrogen-bond acceptors (Lipinski definition) is 4. The normalized spacial score (nSPS) is 11.1. The highest BCUT2D eigenvalue weighted by atomic mass is 35.5. The standard InChI is InChI=1S/C11H9ClN6O2/c12-7-3-1-6(2-4-7)8-5-16-9(10(19)17(8)13)11(20)18(14)15-16/h1-5H,13H2,(H2-,14,15,19,20)/p+1. The first-order valence-corrected chi connectivity index (χ1v) is 5.95. The third kappa shape index (κ3) is 1.66. The number of H-pyrrole nitrogens is 1. The van der Waals surface area contributed by atoms with Crippen molar-refractivity contribution in [2.45, 2.75) is 0 Å². The molecule has 0 spiro atoms. The van der Waals surface area contributed by atoms with Gasteiger partial charge in [0.2, 0.25) is 0 Å². The van der Waals surface area contributed by atoms with Gasteiger partial charge in [-0.1, -0.05) is 28.9 Å². The first-order chi connectivity index (χ1) is 9.49. The average Bonchev–Trinajstić information content (AvgIpc) is 2.71. The zero-order valence-electron chi connectivity index (χ0n) is 10.1. The van der Waals surface area contributed by atoms with Crippen molar-refractivity contribution >= 4 is 17.1 Å². The number of aromatic nitrogens is 4. The monoisotopic (exact) mass is 293 g/mol. The number of nitrogens with one attached hydrogen (secondary N) is 1. The van der Waals surface area contributed by atoms with Crippen LogP contribution in [0.2, 0.25) is 5.02 Å². The molecule has 0 atom stereocenters. The molecule has 0 aliphatic rings. The van der Waals surface area contributed by atoms with E-state index in [0.717, 1.165) is 4.68 Å². The van der Waals surface area contributed by atoms with Crippen LogP contribution in [0.1, 0.15) is 0 Å². The van der Waals surface area contributed by atoms with Crippen LogP contribution in [-0.4, -0.2) is 14.7 Å². The summed E-state index contributed by atoms with van der Waals surface area (Å²) in [5.74, 6) is 11.2. The van der Waals surface area contributed by atoms with Crippen LogP contribution in [0.15, 0.2) is 40.1 Å². The molecule has 0 saturated carbocycles. The minimum absolute atomic E-state index is 0.160. The van der Waals surface area contributed by atoms with Crippen LogP contribution >= 0.6 is 11.6 Å². The summed E-state index contributed by atoms with van der Waals surface area (Å²) in [6, 6.07) is 6.77. The van der Waals surface area contributed by atoms with Crippen LogP contribution in [0.4, 0.5) is 0 Å². The van der Waals surface area contributed by atoms with E-state index in [2.05, 4.69) is 5.21 Å².